The zero-order valence-corrected chi connectivity index (χ0v) is 10.8. The highest BCUT2D eigenvalue weighted by Crippen LogP contribution is 2.41. The van der Waals surface area contributed by atoms with Crippen LogP contribution in [-0.4, -0.2) is 21.3 Å². The summed E-state index contributed by atoms with van der Waals surface area (Å²) in [6.45, 7) is 3.52. The van der Waals surface area contributed by atoms with E-state index in [1.54, 1.807) is 19.9 Å². The Morgan fingerprint density at radius 2 is 1.59 bits per heavy atom. The molecule has 4 nitrogen and oxygen atoms in total. The third-order valence-corrected chi connectivity index (χ3v) is 2.46. The summed E-state index contributed by atoms with van der Waals surface area (Å²) in [6, 6.07) is 1.63. The van der Waals surface area contributed by atoms with Crippen LogP contribution >= 0.6 is 0 Å². The van der Waals surface area contributed by atoms with E-state index in [4.69, 9.17) is 19.9 Å². The van der Waals surface area contributed by atoms with Gasteiger partial charge in [-0.25, -0.2) is 0 Å². The Kier molecular flexibility index (Phi) is 3.83. The fourth-order valence-electron chi connectivity index (χ4n) is 1.61. The highest BCUT2D eigenvalue weighted by molar-refractivity contribution is 5.54. The Balaban J connectivity index is 3.57. The number of nitrogens with two attached hydrogens (primary N) is 1. The minimum absolute atomic E-state index is 0.0114. The molecule has 1 aromatic rings. The minimum atomic E-state index is -0.744. The van der Waals surface area contributed by atoms with Crippen LogP contribution in [0.15, 0.2) is 6.07 Å². The molecule has 1 aromatic carbocycles. The van der Waals surface area contributed by atoms with Crippen molar-refractivity contribution in [3.8, 4) is 17.2 Å². The average molecular weight is 243 g/mol. The molecule has 1 rings (SSSR count). The summed E-state index contributed by atoms with van der Waals surface area (Å²) in [4.78, 5) is 0. The first-order valence-electron chi connectivity index (χ1n) is 5.14. The quantitative estimate of drug-likeness (QED) is 0.879. The Morgan fingerprint density at radius 1 is 1.06 bits per heavy atom. The zero-order chi connectivity index (χ0) is 13.2. The van der Waals surface area contributed by atoms with Gasteiger partial charge in [0.1, 0.15) is 0 Å². The third-order valence-electron chi connectivity index (χ3n) is 2.46. The lowest BCUT2D eigenvalue weighted by molar-refractivity contribution is 0.313. The number of methoxy groups -OCH3 is 3. The van der Waals surface area contributed by atoms with Crippen molar-refractivity contribution in [2.24, 2.45) is 5.73 Å². The summed E-state index contributed by atoms with van der Waals surface area (Å²) in [6.07, 6.45) is 0. The van der Waals surface area contributed by atoms with Crippen molar-refractivity contribution in [3.63, 3.8) is 0 Å². The average Bonchev–Trinajstić information content (AvgIpc) is 2.26. The van der Waals surface area contributed by atoms with Crippen LogP contribution in [0.3, 0.4) is 0 Å². The van der Waals surface area contributed by atoms with Gasteiger partial charge in [-0.15, -0.1) is 0 Å². The van der Waals surface area contributed by atoms with Crippen LogP contribution in [0, 0.1) is 5.82 Å². The van der Waals surface area contributed by atoms with Crippen LogP contribution < -0.4 is 19.9 Å². The first-order chi connectivity index (χ1) is 7.86. The van der Waals surface area contributed by atoms with Gasteiger partial charge in [-0.3, -0.25) is 0 Å². The van der Waals surface area contributed by atoms with Crippen molar-refractivity contribution in [2.45, 2.75) is 19.4 Å². The molecular weight excluding hydrogens is 225 g/mol. The molecule has 0 heterocycles. The number of hydrogen-bond acceptors (Lipinski definition) is 4. The molecule has 17 heavy (non-hydrogen) atoms. The largest absolute Gasteiger partial charge is 0.493 e. The molecule has 2 N–H and O–H groups in total. The molecule has 0 aromatic heterocycles. The molecule has 0 saturated heterocycles. The second-order valence-electron chi connectivity index (χ2n) is 4.23. The summed E-state index contributed by atoms with van der Waals surface area (Å²) in [5.41, 5.74) is 5.75. The lowest BCUT2D eigenvalue weighted by atomic mass is 9.94. The fraction of sp³-hybridized carbons (Fsp3) is 0.500. The number of hydrogen-bond donors (Lipinski definition) is 1. The van der Waals surface area contributed by atoms with Gasteiger partial charge in [0.15, 0.2) is 11.5 Å². The molecule has 0 atom stereocenters. The van der Waals surface area contributed by atoms with E-state index in [0.29, 0.717) is 11.3 Å². The van der Waals surface area contributed by atoms with E-state index in [2.05, 4.69) is 0 Å². The van der Waals surface area contributed by atoms with Crippen LogP contribution in [0.2, 0.25) is 0 Å². The molecule has 96 valence electrons. The van der Waals surface area contributed by atoms with E-state index in [1.807, 2.05) is 0 Å². The molecule has 5 heteroatoms. The van der Waals surface area contributed by atoms with Gasteiger partial charge in [0.05, 0.1) is 21.3 Å². The number of benzene rings is 1. The van der Waals surface area contributed by atoms with Crippen LogP contribution in [-0.2, 0) is 5.54 Å². The maximum atomic E-state index is 14.1. The van der Waals surface area contributed by atoms with Crippen molar-refractivity contribution in [1.82, 2.24) is 0 Å². The standard InChI is InChI=1S/C12H18FNO3/c1-12(2,14)7-6-8(15-3)11(17-5)9(13)10(7)16-4/h6H,14H2,1-5H3. The molecule has 0 radical (unpaired) electrons. The van der Waals surface area contributed by atoms with Gasteiger partial charge in [0, 0.05) is 11.1 Å². The smallest absolute Gasteiger partial charge is 0.211 e. The molecule has 0 aliphatic carbocycles. The van der Waals surface area contributed by atoms with Crippen molar-refractivity contribution in [2.75, 3.05) is 21.3 Å². The SMILES string of the molecule is COc1cc(C(C)(C)N)c(OC)c(F)c1OC. The van der Waals surface area contributed by atoms with Gasteiger partial charge < -0.3 is 19.9 Å². The van der Waals surface area contributed by atoms with Crippen LogP contribution in [0.4, 0.5) is 4.39 Å². The molecule has 0 saturated carbocycles. The van der Waals surface area contributed by atoms with Gasteiger partial charge in [-0.2, -0.15) is 4.39 Å². The van der Waals surface area contributed by atoms with Crippen molar-refractivity contribution >= 4 is 0 Å². The highest BCUT2D eigenvalue weighted by atomic mass is 19.1. The topological polar surface area (TPSA) is 53.7 Å². The highest BCUT2D eigenvalue weighted by Gasteiger charge is 2.27. The van der Waals surface area contributed by atoms with E-state index in [0.717, 1.165) is 0 Å². The molecule has 0 aliphatic heterocycles. The third kappa shape index (κ3) is 2.44. The molecule has 0 unspecified atom stereocenters. The van der Waals surface area contributed by atoms with Crippen molar-refractivity contribution in [3.05, 3.63) is 17.4 Å². The molecule has 0 amide bonds. The molecule has 0 bridgehead atoms. The molecular formula is C12H18FNO3. The zero-order valence-electron chi connectivity index (χ0n) is 10.8. The fourth-order valence-corrected chi connectivity index (χ4v) is 1.61. The Bertz CT molecular complexity index is 413. The van der Waals surface area contributed by atoms with Gasteiger partial charge in [-0.05, 0) is 19.9 Å². The van der Waals surface area contributed by atoms with E-state index >= 15 is 0 Å². The molecule has 0 spiro atoms. The summed E-state index contributed by atoms with van der Waals surface area (Å²) in [5.74, 6) is -0.227. The molecule has 0 aliphatic rings. The predicted octanol–water partition coefficient (Wildman–Crippen LogP) is 2.05. The Morgan fingerprint density at radius 3 is 1.94 bits per heavy atom. The summed E-state index contributed by atoms with van der Waals surface area (Å²) >= 11 is 0. The Labute approximate surface area is 100 Å². The van der Waals surface area contributed by atoms with Crippen LogP contribution in [0.5, 0.6) is 17.2 Å². The Hall–Kier alpha value is -1.49. The van der Waals surface area contributed by atoms with Gasteiger partial charge >= 0.3 is 0 Å². The number of halogens is 1. The van der Waals surface area contributed by atoms with E-state index in [9.17, 15) is 4.39 Å². The first-order valence-corrected chi connectivity index (χ1v) is 5.14. The normalized spacial score (nSPS) is 11.2. The van der Waals surface area contributed by atoms with E-state index in [-0.39, 0.29) is 11.5 Å². The lowest BCUT2D eigenvalue weighted by Crippen LogP contribution is -2.29. The summed E-state index contributed by atoms with van der Waals surface area (Å²) < 4.78 is 29.2. The summed E-state index contributed by atoms with van der Waals surface area (Å²) in [5, 5.41) is 0. The van der Waals surface area contributed by atoms with E-state index in [1.165, 1.54) is 21.3 Å². The maximum absolute atomic E-state index is 14.1. The monoisotopic (exact) mass is 243 g/mol. The maximum Gasteiger partial charge on any atom is 0.211 e. The van der Waals surface area contributed by atoms with Gasteiger partial charge in [-0.1, -0.05) is 0 Å². The predicted molar refractivity (Wildman–Crippen MR) is 63.3 cm³/mol. The van der Waals surface area contributed by atoms with E-state index < -0.39 is 11.4 Å². The van der Waals surface area contributed by atoms with Gasteiger partial charge in [0.25, 0.3) is 0 Å². The number of ether oxygens (including phenoxy) is 3. The second-order valence-corrected chi connectivity index (χ2v) is 4.23. The van der Waals surface area contributed by atoms with Crippen molar-refractivity contribution < 1.29 is 18.6 Å². The van der Waals surface area contributed by atoms with Gasteiger partial charge in [0.2, 0.25) is 11.6 Å². The second kappa shape index (κ2) is 4.79. The first kappa shape index (κ1) is 13.6. The molecule has 0 fully saturated rings. The van der Waals surface area contributed by atoms with Crippen LogP contribution in [0.25, 0.3) is 0 Å². The van der Waals surface area contributed by atoms with Crippen molar-refractivity contribution in [1.29, 1.82) is 0 Å². The minimum Gasteiger partial charge on any atom is -0.493 e. The number of rotatable bonds is 4. The summed E-state index contributed by atoms with van der Waals surface area (Å²) in [7, 11) is 4.20. The van der Waals surface area contributed by atoms with Crippen LogP contribution in [0.1, 0.15) is 19.4 Å². The lowest BCUT2D eigenvalue weighted by Gasteiger charge is -2.24.